The lowest BCUT2D eigenvalue weighted by Crippen LogP contribution is -2.17. The van der Waals surface area contributed by atoms with E-state index in [1.807, 2.05) is 41.8 Å². The summed E-state index contributed by atoms with van der Waals surface area (Å²) in [4.78, 5) is 30.4. The molecule has 148 valence electrons. The van der Waals surface area contributed by atoms with Crippen molar-refractivity contribution in [3.63, 3.8) is 0 Å². The van der Waals surface area contributed by atoms with Crippen molar-refractivity contribution in [2.75, 3.05) is 0 Å². The highest BCUT2D eigenvalue weighted by Gasteiger charge is 2.21. The fraction of sp³-hybridized carbons (Fsp3) is 0.174. The molecule has 3 aromatic rings. The zero-order valence-corrected chi connectivity index (χ0v) is 16.8. The van der Waals surface area contributed by atoms with E-state index in [1.54, 1.807) is 10.9 Å². The van der Waals surface area contributed by atoms with Gasteiger partial charge in [0.1, 0.15) is 17.5 Å². The van der Waals surface area contributed by atoms with E-state index in [0.717, 1.165) is 11.1 Å². The third-order valence-electron chi connectivity index (χ3n) is 5.33. The fourth-order valence-electron chi connectivity index (χ4n) is 3.75. The molecule has 0 saturated heterocycles. The molecule has 2 aliphatic rings. The molecule has 1 aromatic heterocycles. The number of imidazole rings is 2. The van der Waals surface area contributed by atoms with E-state index in [1.165, 1.54) is 17.5 Å². The van der Waals surface area contributed by atoms with Crippen molar-refractivity contribution < 1.29 is 0 Å². The summed E-state index contributed by atoms with van der Waals surface area (Å²) in [6.07, 6.45) is 3.22. The summed E-state index contributed by atoms with van der Waals surface area (Å²) in [6.45, 7) is 5.15. The molecule has 0 atom stereocenters. The Hall–Kier alpha value is -3.87. The maximum Gasteiger partial charge on any atom is 0.350 e. The van der Waals surface area contributed by atoms with Crippen molar-refractivity contribution in [1.29, 1.82) is 0 Å². The number of hydrogen-bond acceptors (Lipinski definition) is 5. The van der Waals surface area contributed by atoms with Gasteiger partial charge in [-0.3, -0.25) is 4.57 Å². The molecule has 7 nitrogen and oxygen atoms in total. The SMILES string of the molecule is Cc1cccc(Cn2c3ncnc4c(ncn4Cc4ccccc4C)c-3nc2=O)c1. The lowest BCUT2D eigenvalue weighted by Gasteiger charge is -2.06. The monoisotopic (exact) mass is 396 g/mol. The van der Waals surface area contributed by atoms with Gasteiger partial charge in [0.2, 0.25) is 0 Å². The van der Waals surface area contributed by atoms with Gasteiger partial charge in [-0.05, 0) is 30.5 Å². The Bertz CT molecular complexity index is 1400. The van der Waals surface area contributed by atoms with Crippen LogP contribution >= 0.6 is 0 Å². The van der Waals surface area contributed by atoms with Crippen LogP contribution in [0.2, 0.25) is 0 Å². The Morgan fingerprint density at radius 2 is 1.80 bits per heavy atom. The second-order valence-corrected chi connectivity index (χ2v) is 7.49. The molecule has 2 aliphatic heterocycles. The average molecular weight is 396 g/mol. The van der Waals surface area contributed by atoms with Crippen molar-refractivity contribution in [3.8, 4) is 11.5 Å². The van der Waals surface area contributed by atoms with Gasteiger partial charge in [0.15, 0.2) is 11.5 Å². The van der Waals surface area contributed by atoms with E-state index in [9.17, 15) is 4.79 Å². The maximum atomic E-state index is 12.7. The first-order valence-electron chi connectivity index (χ1n) is 9.76. The standard InChI is InChI=1S/C23H20N6O/c1-15-6-5-8-17(10-15)11-29-22-20(27-23(29)30)19-21(24-13-25-22)28(14-26-19)12-18-9-4-3-7-16(18)2/h3-10,13-14H,11-12H2,1-2H3. The molecule has 0 amide bonds. The molecule has 0 N–H and O–H groups in total. The van der Waals surface area contributed by atoms with Crippen molar-refractivity contribution in [2.24, 2.45) is 0 Å². The average Bonchev–Trinajstić information content (AvgIpc) is 3.19. The minimum atomic E-state index is -0.333. The Kier molecular flexibility index (Phi) is 4.35. The van der Waals surface area contributed by atoms with Crippen molar-refractivity contribution in [1.82, 2.24) is 29.1 Å². The topological polar surface area (TPSA) is 78.5 Å². The summed E-state index contributed by atoms with van der Waals surface area (Å²) >= 11 is 0. The molecule has 3 heterocycles. The van der Waals surface area contributed by atoms with Crippen LogP contribution < -0.4 is 5.69 Å². The van der Waals surface area contributed by atoms with Gasteiger partial charge in [0, 0.05) is 0 Å². The van der Waals surface area contributed by atoms with E-state index in [0.29, 0.717) is 35.8 Å². The number of fused-ring (bicyclic) bond motifs is 3. The quantitative estimate of drug-likeness (QED) is 0.466. The van der Waals surface area contributed by atoms with Gasteiger partial charge in [0.05, 0.1) is 19.4 Å². The number of hydrogen-bond donors (Lipinski definition) is 0. The summed E-state index contributed by atoms with van der Waals surface area (Å²) < 4.78 is 3.54. The molecule has 0 saturated carbocycles. The van der Waals surface area contributed by atoms with Crippen molar-refractivity contribution >= 4 is 11.2 Å². The third kappa shape index (κ3) is 3.14. The molecule has 30 heavy (non-hydrogen) atoms. The summed E-state index contributed by atoms with van der Waals surface area (Å²) in [7, 11) is 0. The largest absolute Gasteiger partial charge is 0.350 e. The molecule has 0 bridgehead atoms. The summed E-state index contributed by atoms with van der Waals surface area (Å²) in [5, 5.41) is 0. The van der Waals surface area contributed by atoms with Crippen LogP contribution in [-0.2, 0) is 13.1 Å². The van der Waals surface area contributed by atoms with Crippen LogP contribution in [0.1, 0.15) is 22.3 Å². The van der Waals surface area contributed by atoms with Gasteiger partial charge in [-0.15, -0.1) is 0 Å². The van der Waals surface area contributed by atoms with Gasteiger partial charge in [0.25, 0.3) is 0 Å². The molecule has 0 spiro atoms. The second kappa shape index (κ2) is 7.18. The molecular formula is C23H20N6O. The highest BCUT2D eigenvalue weighted by atomic mass is 16.1. The minimum Gasteiger partial charge on any atom is -0.311 e. The van der Waals surface area contributed by atoms with Gasteiger partial charge < -0.3 is 4.57 Å². The number of aromatic nitrogens is 6. The van der Waals surface area contributed by atoms with Crippen LogP contribution in [0.4, 0.5) is 0 Å². The summed E-state index contributed by atoms with van der Waals surface area (Å²) in [5.41, 5.74) is 5.92. The summed E-state index contributed by atoms with van der Waals surface area (Å²) in [5.74, 6) is 0.491. The summed E-state index contributed by atoms with van der Waals surface area (Å²) in [6, 6.07) is 16.3. The first kappa shape index (κ1) is 18.2. The van der Waals surface area contributed by atoms with E-state index in [2.05, 4.69) is 45.1 Å². The normalized spacial score (nSPS) is 11.4. The molecule has 0 aliphatic carbocycles. The first-order valence-corrected chi connectivity index (χ1v) is 9.76. The van der Waals surface area contributed by atoms with Crippen LogP contribution in [0.5, 0.6) is 0 Å². The first-order chi connectivity index (χ1) is 14.6. The van der Waals surface area contributed by atoms with E-state index >= 15 is 0 Å². The van der Waals surface area contributed by atoms with Gasteiger partial charge in [-0.2, -0.15) is 4.98 Å². The lowest BCUT2D eigenvalue weighted by atomic mass is 10.1. The van der Waals surface area contributed by atoms with Gasteiger partial charge in [-0.25, -0.2) is 19.7 Å². The zero-order chi connectivity index (χ0) is 20.7. The highest BCUT2D eigenvalue weighted by molar-refractivity contribution is 5.85. The molecule has 5 rings (SSSR count). The van der Waals surface area contributed by atoms with Crippen LogP contribution in [0.15, 0.2) is 66.0 Å². The number of nitrogens with zero attached hydrogens (tertiary/aromatic N) is 6. The fourth-order valence-corrected chi connectivity index (χ4v) is 3.75. The Morgan fingerprint density at radius 3 is 2.63 bits per heavy atom. The number of benzene rings is 2. The predicted octanol–water partition coefficient (Wildman–Crippen LogP) is 3.20. The van der Waals surface area contributed by atoms with Crippen LogP contribution in [-0.4, -0.2) is 29.1 Å². The van der Waals surface area contributed by atoms with E-state index in [-0.39, 0.29) is 5.69 Å². The van der Waals surface area contributed by atoms with Crippen LogP contribution in [0.25, 0.3) is 22.7 Å². The van der Waals surface area contributed by atoms with Crippen LogP contribution in [0, 0.1) is 13.8 Å². The van der Waals surface area contributed by atoms with Crippen molar-refractivity contribution in [3.05, 3.63) is 93.9 Å². The minimum absolute atomic E-state index is 0.333. The Morgan fingerprint density at radius 1 is 0.933 bits per heavy atom. The molecular weight excluding hydrogens is 376 g/mol. The zero-order valence-electron chi connectivity index (χ0n) is 16.8. The number of rotatable bonds is 4. The maximum absolute atomic E-state index is 12.7. The van der Waals surface area contributed by atoms with E-state index in [4.69, 9.17) is 0 Å². The van der Waals surface area contributed by atoms with Gasteiger partial charge in [-0.1, -0.05) is 54.1 Å². The van der Waals surface area contributed by atoms with Gasteiger partial charge >= 0.3 is 5.69 Å². The highest BCUT2D eigenvalue weighted by Crippen LogP contribution is 2.24. The molecule has 7 heteroatoms. The van der Waals surface area contributed by atoms with Crippen LogP contribution in [0.3, 0.4) is 0 Å². The lowest BCUT2D eigenvalue weighted by molar-refractivity contribution is 0.757. The molecule has 0 radical (unpaired) electrons. The predicted molar refractivity (Wildman–Crippen MR) is 115 cm³/mol. The van der Waals surface area contributed by atoms with Crippen molar-refractivity contribution in [2.45, 2.75) is 26.9 Å². The number of aryl methyl sites for hydroxylation is 2. The molecule has 2 aromatic carbocycles. The Labute approximate surface area is 173 Å². The van der Waals surface area contributed by atoms with E-state index < -0.39 is 0 Å². The smallest absolute Gasteiger partial charge is 0.311 e. The third-order valence-corrected chi connectivity index (χ3v) is 5.33. The molecule has 0 fully saturated rings. The molecule has 0 unspecified atom stereocenters. The Balaban J connectivity index is 1.59. The second-order valence-electron chi connectivity index (χ2n) is 7.49.